The van der Waals surface area contributed by atoms with Crippen LogP contribution in [0.4, 0.5) is 5.69 Å². The van der Waals surface area contributed by atoms with E-state index in [0.717, 1.165) is 4.90 Å². The van der Waals surface area contributed by atoms with Crippen LogP contribution in [0.2, 0.25) is 0 Å². The van der Waals surface area contributed by atoms with Crippen molar-refractivity contribution in [2.75, 3.05) is 6.54 Å². The summed E-state index contributed by atoms with van der Waals surface area (Å²) < 4.78 is 0. The van der Waals surface area contributed by atoms with E-state index in [-0.39, 0.29) is 39.4 Å². The van der Waals surface area contributed by atoms with Crippen LogP contribution in [0.1, 0.15) is 36.6 Å². The van der Waals surface area contributed by atoms with Crippen molar-refractivity contribution in [3.8, 4) is 11.8 Å². The van der Waals surface area contributed by atoms with E-state index in [9.17, 15) is 24.5 Å². The molecule has 8 heteroatoms. The van der Waals surface area contributed by atoms with Gasteiger partial charge in [0.25, 0.3) is 17.5 Å². The first-order valence-electron chi connectivity index (χ1n) is 7.35. The van der Waals surface area contributed by atoms with Crippen LogP contribution in [-0.4, -0.2) is 34.5 Å². The molecule has 0 aromatic heterocycles. The highest BCUT2D eigenvalue weighted by atomic mass is 32.1. The van der Waals surface area contributed by atoms with Crippen LogP contribution < -0.4 is 0 Å². The standard InChI is InChI=1S/C18H10N2O5S/c21-10-14-11(15(20(24)25)7-8-16(14)26)6-3-9-19-17(22)12-4-1-2-5-13(12)18(19)23/h1-2,4-5,7-8,10,26H,9H2. The molecule has 0 fully saturated rings. The van der Waals surface area contributed by atoms with Gasteiger partial charge in [0, 0.05) is 11.0 Å². The number of carbonyl (C=O) groups excluding carboxylic acids is 3. The number of hydrogen-bond donors (Lipinski definition) is 1. The first-order valence-corrected chi connectivity index (χ1v) is 7.80. The number of imide groups is 1. The first kappa shape index (κ1) is 17.4. The molecule has 1 heterocycles. The third-order valence-electron chi connectivity index (χ3n) is 3.84. The zero-order valence-corrected chi connectivity index (χ0v) is 14.0. The van der Waals surface area contributed by atoms with Crippen molar-refractivity contribution in [2.45, 2.75) is 4.90 Å². The van der Waals surface area contributed by atoms with Crippen molar-refractivity contribution >= 4 is 36.4 Å². The Morgan fingerprint density at radius 2 is 1.73 bits per heavy atom. The van der Waals surface area contributed by atoms with Crippen molar-refractivity contribution in [1.82, 2.24) is 4.90 Å². The van der Waals surface area contributed by atoms with Gasteiger partial charge in [0.15, 0.2) is 6.29 Å². The number of benzene rings is 2. The summed E-state index contributed by atoms with van der Waals surface area (Å²) in [7, 11) is 0. The predicted molar refractivity (Wildman–Crippen MR) is 94.4 cm³/mol. The van der Waals surface area contributed by atoms with Gasteiger partial charge in [-0.05, 0) is 18.2 Å². The second-order valence-corrected chi connectivity index (χ2v) is 5.79. The molecule has 0 aliphatic carbocycles. The number of hydrogen-bond acceptors (Lipinski definition) is 6. The summed E-state index contributed by atoms with van der Waals surface area (Å²) in [4.78, 5) is 47.5. The fraction of sp³-hybridized carbons (Fsp3) is 0.0556. The largest absolute Gasteiger partial charge is 0.298 e. The Morgan fingerprint density at radius 3 is 2.27 bits per heavy atom. The molecular formula is C18H10N2O5S. The van der Waals surface area contributed by atoms with Crippen LogP contribution in [0.3, 0.4) is 0 Å². The average molecular weight is 366 g/mol. The lowest BCUT2D eigenvalue weighted by Gasteiger charge is -2.08. The minimum Gasteiger partial charge on any atom is -0.298 e. The first-order chi connectivity index (χ1) is 12.5. The molecule has 1 aliphatic rings. The zero-order valence-electron chi connectivity index (χ0n) is 13.1. The molecule has 0 saturated heterocycles. The van der Waals surface area contributed by atoms with Crippen molar-refractivity contribution in [3.05, 3.63) is 68.8 Å². The summed E-state index contributed by atoms with van der Waals surface area (Å²) in [5.41, 5.74) is 0.110. The van der Waals surface area contributed by atoms with E-state index in [0.29, 0.717) is 6.29 Å². The number of fused-ring (bicyclic) bond motifs is 1. The van der Waals surface area contributed by atoms with Crippen molar-refractivity contribution in [1.29, 1.82) is 0 Å². The second kappa shape index (κ2) is 6.82. The van der Waals surface area contributed by atoms with E-state index in [1.807, 2.05) is 0 Å². The minimum atomic E-state index is -0.660. The quantitative estimate of drug-likeness (QED) is 0.225. The number of nitro groups is 1. The molecule has 7 nitrogen and oxygen atoms in total. The van der Waals surface area contributed by atoms with E-state index in [2.05, 4.69) is 24.5 Å². The van der Waals surface area contributed by atoms with Gasteiger partial charge in [0.05, 0.1) is 28.2 Å². The van der Waals surface area contributed by atoms with E-state index in [1.54, 1.807) is 24.3 Å². The molecule has 128 valence electrons. The molecule has 0 bridgehead atoms. The molecule has 0 atom stereocenters. The number of nitro benzene ring substituents is 1. The number of carbonyl (C=O) groups is 3. The van der Waals surface area contributed by atoms with Gasteiger partial charge in [-0.1, -0.05) is 24.0 Å². The summed E-state index contributed by atoms with van der Waals surface area (Å²) in [6.45, 7) is -0.251. The Bertz CT molecular complexity index is 1000. The fourth-order valence-corrected chi connectivity index (χ4v) is 2.83. The molecule has 26 heavy (non-hydrogen) atoms. The Morgan fingerprint density at radius 1 is 1.12 bits per heavy atom. The zero-order chi connectivity index (χ0) is 18.8. The van der Waals surface area contributed by atoms with Gasteiger partial charge in [-0.2, -0.15) is 0 Å². The molecule has 3 rings (SSSR count). The summed E-state index contributed by atoms with van der Waals surface area (Å²) in [6, 6.07) is 8.92. The van der Waals surface area contributed by atoms with Gasteiger partial charge < -0.3 is 0 Å². The lowest BCUT2D eigenvalue weighted by atomic mass is 10.1. The average Bonchev–Trinajstić information content (AvgIpc) is 2.87. The maximum absolute atomic E-state index is 12.3. The van der Waals surface area contributed by atoms with E-state index < -0.39 is 16.7 Å². The molecule has 1 aliphatic heterocycles. The predicted octanol–water partition coefficient (Wildman–Crippen LogP) is 2.34. The molecule has 0 spiro atoms. The monoisotopic (exact) mass is 366 g/mol. The normalized spacial score (nSPS) is 12.4. The lowest BCUT2D eigenvalue weighted by Crippen LogP contribution is -2.30. The van der Waals surface area contributed by atoms with Crippen LogP contribution in [-0.2, 0) is 0 Å². The van der Waals surface area contributed by atoms with Gasteiger partial charge in [-0.15, -0.1) is 12.6 Å². The van der Waals surface area contributed by atoms with Crippen molar-refractivity contribution < 1.29 is 19.3 Å². The highest BCUT2D eigenvalue weighted by Gasteiger charge is 2.34. The highest BCUT2D eigenvalue weighted by Crippen LogP contribution is 2.26. The van der Waals surface area contributed by atoms with Crippen molar-refractivity contribution in [2.24, 2.45) is 0 Å². The molecular weight excluding hydrogens is 356 g/mol. The second-order valence-electron chi connectivity index (χ2n) is 5.31. The fourth-order valence-electron chi connectivity index (χ4n) is 2.59. The summed E-state index contributed by atoms with van der Waals surface area (Å²) in [6.07, 6.45) is 0.432. The molecule has 2 aromatic carbocycles. The van der Waals surface area contributed by atoms with Crippen LogP contribution >= 0.6 is 12.6 Å². The minimum absolute atomic E-state index is 0.0163. The van der Waals surface area contributed by atoms with Gasteiger partial charge in [-0.25, -0.2) is 0 Å². The molecule has 0 radical (unpaired) electrons. The Balaban J connectivity index is 1.94. The Kier molecular flexibility index (Phi) is 4.56. The number of rotatable bonds is 3. The van der Waals surface area contributed by atoms with Crippen molar-refractivity contribution in [3.63, 3.8) is 0 Å². The number of amides is 2. The topological polar surface area (TPSA) is 97.6 Å². The van der Waals surface area contributed by atoms with E-state index in [4.69, 9.17) is 0 Å². The number of nitrogens with zero attached hydrogens (tertiary/aromatic N) is 2. The van der Waals surface area contributed by atoms with Gasteiger partial charge in [-0.3, -0.25) is 29.4 Å². The smallest absolute Gasteiger partial charge is 0.285 e. The van der Waals surface area contributed by atoms with Crippen LogP contribution in [0, 0.1) is 22.0 Å². The summed E-state index contributed by atoms with van der Waals surface area (Å²) in [5, 5.41) is 11.2. The SMILES string of the molecule is O=Cc1c(S)ccc([N+](=O)[O-])c1C#CCN1C(=O)c2ccccc2C1=O. The molecule has 2 aromatic rings. The molecule has 0 unspecified atom stereocenters. The van der Waals surface area contributed by atoms with Crippen LogP contribution in [0.25, 0.3) is 0 Å². The Labute approximate surface area is 153 Å². The van der Waals surface area contributed by atoms with E-state index >= 15 is 0 Å². The summed E-state index contributed by atoms with van der Waals surface area (Å²) in [5.74, 6) is 4.15. The summed E-state index contributed by atoms with van der Waals surface area (Å²) >= 11 is 4.09. The van der Waals surface area contributed by atoms with Gasteiger partial charge in [0.1, 0.15) is 5.56 Å². The van der Waals surface area contributed by atoms with Gasteiger partial charge in [0.2, 0.25) is 0 Å². The maximum Gasteiger partial charge on any atom is 0.285 e. The Hall–Kier alpha value is -3.44. The lowest BCUT2D eigenvalue weighted by molar-refractivity contribution is -0.385. The molecule has 0 saturated carbocycles. The van der Waals surface area contributed by atoms with E-state index in [1.165, 1.54) is 12.1 Å². The number of thiol groups is 1. The number of aldehydes is 1. The maximum atomic E-state index is 12.3. The van der Waals surface area contributed by atoms with Crippen LogP contribution in [0.5, 0.6) is 0 Å². The highest BCUT2D eigenvalue weighted by molar-refractivity contribution is 7.80. The molecule has 0 N–H and O–H groups in total. The van der Waals surface area contributed by atoms with Gasteiger partial charge >= 0.3 is 0 Å². The third-order valence-corrected chi connectivity index (χ3v) is 4.23. The molecule has 2 amide bonds. The van der Waals surface area contributed by atoms with Crippen LogP contribution in [0.15, 0.2) is 41.3 Å². The third kappa shape index (κ3) is 2.85.